The Kier molecular flexibility index (Phi) is 3.36. The molecule has 0 N–H and O–H groups in total. The van der Waals surface area contributed by atoms with E-state index in [1.54, 1.807) is 13.2 Å². The fourth-order valence-corrected chi connectivity index (χ4v) is 0.837. The molecule has 0 heterocycles. The molecule has 0 saturated heterocycles. The van der Waals surface area contributed by atoms with Gasteiger partial charge >= 0.3 is 0 Å². The van der Waals surface area contributed by atoms with Gasteiger partial charge in [-0.05, 0) is 26.6 Å². The minimum Gasteiger partial charge on any atom is -0.549 e. The molecule has 0 spiro atoms. The van der Waals surface area contributed by atoms with Gasteiger partial charge in [0.1, 0.15) is 6.29 Å². The van der Waals surface area contributed by atoms with Crippen molar-refractivity contribution in [1.29, 1.82) is 0 Å². The monoisotopic (exact) mass is 158 g/mol. The largest absolute Gasteiger partial charge is 0.549 e. The molecule has 2 nitrogen and oxygen atoms in total. The predicted molar refractivity (Wildman–Crippen MR) is 44.3 cm³/mol. The Morgan fingerprint density at radius 3 is 2.20 bits per heavy atom. The molecule has 0 aliphatic rings. The molecule has 0 saturated carbocycles. The Hall–Kier alpha value is -0.573. The lowest BCUT2D eigenvalue weighted by Gasteiger charge is -2.14. The summed E-state index contributed by atoms with van der Waals surface area (Å²) < 4.78 is 5.33. The first-order valence-corrected chi connectivity index (χ1v) is 6.66. The van der Waals surface area contributed by atoms with Crippen LogP contribution >= 0.6 is 0 Å². The SMILES string of the molecule is C/C(C=O)=C\O[Si](C)(C)C. The van der Waals surface area contributed by atoms with Gasteiger partial charge in [-0.25, -0.2) is 0 Å². The van der Waals surface area contributed by atoms with Crippen LogP contribution in [-0.4, -0.2) is 14.6 Å². The number of allylic oxidation sites excluding steroid dienone is 1. The van der Waals surface area contributed by atoms with Crippen LogP contribution in [0.25, 0.3) is 0 Å². The van der Waals surface area contributed by atoms with Crippen molar-refractivity contribution < 1.29 is 9.22 Å². The standard InChI is InChI=1S/C7H14O2Si/c1-7(5-8)6-9-10(2,3)4/h5-6H,1-4H3/b7-6+. The van der Waals surface area contributed by atoms with Crippen molar-refractivity contribution in [1.82, 2.24) is 0 Å². The molecule has 0 amide bonds. The summed E-state index contributed by atoms with van der Waals surface area (Å²) in [5.41, 5.74) is 0.641. The second-order valence-electron chi connectivity index (χ2n) is 3.21. The van der Waals surface area contributed by atoms with E-state index < -0.39 is 8.32 Å². The van der Waals surface area contributed by atoms with Crippen LogP contribution in [0.3, 0.4) is 0 Å². The maximum atomic E-state index is 10.1. The topological polar surface area (TPSA) is 26.3 Å². The van der Waals surface area contributed by atoms with Crippen LogP contribution in [0.1, 0.15) is 6.92 Å². The Bertz CT molecular complexity index is 144. The van der Waals surface area contributed by atoms with Gasteiger partial charge in [-0.1, -0.05) is 0 Å². The Morgan fingerprint density at radius 2 is 1.90 bits per heavy atom. The van der Waals surface area contributed by atoms with E-state index in [9.17, 15) is 4.79 Å². The number of carbonyl (C=O) groups is 1. The van der Waals surface area contributed by atoms with E-state index in [1.807, 2.05) is 0 Å². The van der Waals surface area contributed by atoms with Crippen molar-refractivity contribution in [2.45, 2.75) is 26.6 Å². The van der Waals surface area contributed by atoms with E-state index in [2.05, 4.69) is 19.6 Å². The third-order valence-corrected chi connectivity index (χ3v) is 1.61. The lowest BCUT2D eigenvalue weighted by atomic mass is 10.4. The van der Waals surface area contributed by atoms with Gasteiger partial charge in [0, 0.05) is 5.57 Å². The molecule has 3 heteroatoms. The fraction of sp³-hybridized carbons (Fsp3) is 0.571. The lowest BCUT2D eigenvalue weighted by molar-refractivity contribution is -0.104. The van der Waals surface area contributed by atoms with E-state index in [0.717, 1.165) is 6.29 Å². The zero-order valence-electron chi connectivity index (χ0n) is 6.97. The van der Waals surface area contributed by atoms with Crippen molar-refractivity contribution in [3.8, 4) is 0 Å². The highest BCUT2D eigenvalue weighted by atomic mass is 28.4. The maximum Gasteiger partial charge on any atom is 0.241 e. The van der Waals surface area contributed by atoms with E-state index in [1.165, 1.54) is 0 Å². The fourth-order valence-electron chi connectivity index (χ4n) is 0.298. The lowest BCUT2D eigenvalue weighted by Crippen LogP contribution is -2.22. The maximum absolute atomic E-state index is 10.1. The summed E-state index contributed by atoms with van der Waals surface area (Å²) in [6.07, 6.45) is 2.33. The Labute approximate surface area is 63.0 Å². The normalized spacial score (nSPS) is 13.0. The molecule has 58 valence electrons. The molecule has 0 fully saturated rings. The summed E-state index contributed by atoms with van der Waals surface area (Å²) in [5, 5.41) is 0. The zero-order chi connectivity index (χ0) is 8.20. The second kappa shape index (κ2) is 3.56. The van der Waals surface area contributed by atoms with Gasteiger partial charge in [0.15, 0.2) is 0 Å². The number of aldehydes is 1. The third kappa shape index (κ3) is 5.56. The summed E-state index contributed by atoms with van der Waals surface area (Å²) >= 11 is 0. The Morgan fingerprint density at radius 1 is 1.40 bits per heavy atom. The second-order valence-corrected chi connectivity index (χ2v) is 7.67. The van der Waals surface area contributed by atoms with Gasteiger partial charge in [0.05, 0.1) is 6.26 Å². The van der Waals surface area contributed by atoms with Crippen LogP contribution in [0, 0.1) is 0 Å². The molecule has 0 aliphatic carbocycles. The first-order chi connectivity index (χ1) is 4.45. The van der Waals surface area contributed by atoms with Crippen LogP contribution in [0.5, 0.6) is 0 Å². The van der Waals surface area contributed by atoms with Gasteiger partial charge in [-0.2, -0.15) is 0 Å². The molecule has 0 rings (SSSR count). The average molecular weight is 158 g/mol. The quantitative estimate of drug-likeness (QED) is 0.271. The molecular weight excluding hydrogens is 144 g/mol. The molecular formula is C7H14O2Si. The molecule has 0 atom stereocenters. The highest BCUT2D eigenvalue weighted by molar-refractivity contribution is 6.69. The van der Waals surface area contributed by atoms with E-state index in [0.29, 0.717) is 5.57 Å². The number of carbonyl (C=O) groups excluding carboxylic acids is 1. The average Bonchev–Trinajstić information content (AvgIpc) is 1.81. The van der Waals surface area contributed by atoms with Crippen molar-refractivity contribution in [3.05, 3.63) is 11.8 Å². The van der Waals surface area contributed by atoms with Gasteiger partial charge < -0.3 is 4.43 Å². The molecule has 0 aromatic heterocycles. The molecule has 0 bridgehead atoms. The van der Waals surface area contributed by atoms with E-state index in [-0.39, 0.29) is 0 Å². The summed E-state index contributed by atoms with van der Waals surface area (Å²) in [6.45, 7) is 7.94. The van der Waals surface area contributed by atoms with Crippen LogP contribution in [-0.2, 0) is 9.22 Å². The van der Waals surface area contributed by atoms with Crippen LogP contribution in [0.15, 0.2) is 11.8 Å². The molecule has 0 aromatic rings. The van der Waals surface area contributed by atoms with Crippen molar-refractivity contribution in [2.75, 3.05) is 0 Å². The van der Waals surface area contributed by atoms with Gasteiger partial charge in [-0.15, -0.1) is 0 Å². The third-order valence-electron chi connectivity index (χ3n) is 0.784. The zero-order valence-corrected chi connectivity index (χ0v) is 7.97. The first kappa shape index (κ1) is 9.43. The van der Waals surface area contributed by atoms with Gasteiger partial charge in [0.25, 0.3) is 0 Å². The molecule has 0 unspecified atom stereocenters. The summed E-state index contributed by atoms with van der Waals surface area (Å²) in [6, 6.07) is 0. The molecule has 0 radical (unpaired) electrons. The molecule has 10 heavy (non-hydrogen) atoms. The summed E-state index contributed by atoms with van der Waals surface area (Å²) in [4.78, 5) is 10.1. The predicted octanol–water partition coefficient (Wildman–Crippen LogP) is 1.94. The van der Waals surface area contributed by atoms with E-state index >= 15 is 0 Å². The summed E-state index contributed by atoms with van der Waals surface area (Å²) in [7, 11) is -1.47. The first-order valence-electron chi connectivity index (χ1n) is 3.25. The minimum atomic E-state index is -1.47. The smallest absolute Gasteiger partial charge is 0.241 e. The highest BCUT2D eigenvalue weighted by Crippen LogP contribution is 2.03. The van der Waals surface area contributed by atoms with Crippen molar-refractivity contribution in [2.24, 2.45) is 0 Å². The van der Waals surface area contributed by atoms with Crippen LogP contribution < -0.4 is 0 Å². The van der Waals surface area contributed by atoms with Gasteiger partial charge in [0.2, 0.25) is 8.32 Å². The number of hydrogen-bond acceptors (Lipinski definition) is 2. The number of rotatable bonds is 3. The van der Waals surface area contributed by atoms with Crippen LogP contribution in [0.4, 0.5) is 0 Å². The van der Waals surface area contributed by atoms with Crippen LogP contribution in [0.2, 0.25) is 19.6 Å². The van der Waals surface area contributed by atoms with Crippen molar-refractivity contribution >= 4 is 14.6 Å². The molecule has 0 aromatic carbocycles. The van der Waals surface area contributed by atoms with E-state index in [4.69, 9.17) is 4.43 Å². The summed E-state index contributed by atoms with van der Waals surface area (Å²) in [5.74, 6) is 0. The highest BCUT2D eigenvalue weighted by Gasteiger charge is 2.13. The van der Waals surface area contributed by atoms with Gasteiger partial charge in [-0.3, -0.25) is 4.79 Å². The Balaban J connectivity index is 3.84. The number of hydrogen-bond donors (Lipinski definition) is 0. The minimum absolute atomic E-state index is 0.641. The van der Waals surface area contributed by atoms with Crippen molar-refractivity contribution in [3.63, 3.8) is 0 Å². The molecule has 0 aliphatic heterocycles.